The maximum absolute atomic E-state index is 13.5. The van der Waals surface area contributed by atoms with Gasteiger partial charge in [0, 0.05) is 62.8 Å². The van der Waals surface area contributed by atoms with Gasteiger partial charge in [-0.15, -0.1) is 11.3 Å². The lowest BCUT2D eigenvalue weighted by Crippen LogP contribution is -2.47. The van der Waals surface area contributed by atoms with Crippen LogP contribution in [-0.2, 0) is 10.0 Å². The Bertz CT molecular complexity index is 1780. The Kier molecular flexibility index (Phi) is 7.66. The molecule has 0 aliphatic carbocycles. The molecule has 1 saturated heterocycles. The van der Waals surface area contributed by atoms with Crippen LogP contribution < -0.4 is 0 Å². The quantitative estimate of drug-likeness (QED) is 0.285. The molecule has 212 valence electrons. The molecule has 0 spiro atoms. The first kappa shape index (κ1) is 27.6. The summed E-state index contributed by atoms with van der Waals surface area (Å²) in [6.45, 7) is 5.01. The van der Waals surface area contributed by atoms with Crippen LogP contribution in [-0.4, -0.2) is 96.1 Å². The van der Waals surface area contributed by atoms with E-state index in [2.05, 4.69) is 37.0 Å². The van der Waals surface area contributed by atoms with Crippen LogP contribution >= 0.6 is 11.3 Å². The van der Waals surface area contributed by atoms with Crippen molar-refractivity contribution in [3.05, 3.63) is 72.9 Å². The first-order valence-corrected chi connectivity index (χ1v) is 15.6. The maximum atomic E-state index is 13.5. The largest absolute Gasteiger partial charge is 0.304 e. The number of halogens is 1. The number of fused-ring (bicyclic) bond motifs is 1. The van der Waals surface area contributed by atoms with E-state index in [1.165, 1.54) is 34.1 Å². The van der Waals surface area contributed by atoms with E-state index in [-0.39, 0.29) is 10.0 Å². The van der Waals surface area contributed by atoms with Gasteiger partial charge in [-0.2, -0.15) is 9.40 Å². The highest BCUT2D eigenvalue weighted by atomic mass is 32.2. The summed E-state index contributed by atoms with van der Waals surface area (Å²) in [6, 6.07) is 15.6. The second-order valence-corrected chi connectivity index (χ2v) is 13.6. The number of sulfonamides is 1. The number of H-pyrrole nitrogens is 1. The molecule has 0 saturated carbocycles. The molecule has 3 aromatic heterocycles. The number of thiophene rings is 1. The third kappa shape index (κ3) is 5.66. The average molecular weight is 592 g/mol. The van der Waals surface area contributed by atoms with E-state index >= 15 is 0 Å². The number of nitrogens with one attached hydrogen (secondary N) is 1. The van der Waals surface area contributed by atoms with Crippen molar-refractivity contribution in [2.24, 2.45) is 0 Å². The minimum absolute atomic E-state index is 0.282. The third-order valence-electron chi connectivity index (χ3n) is 7.52. The van der Waals surface area contributed by atoms with E-state index in [9.17, 15) is 12.8 Å². The molecule has 0 radical (unpaired) electrons. The fourth-order valence-electron chi connectivity index (χ4n) is 4.98. The van der Waals surface area contributed by atoms with E-state index in [1.807, 2.05) is 24.3 Å². The molecule has 1 aliphatic heterocycles. The third-order valence-corrected chi connectivity index (χ3v) is 10.9. The standard InChI is InChI=1S/C29H30FN7O2S2/c1-35-11-14-37(15-12-35)16-13-36(2)41(38,39)27-10-9-26(40-27)29-23-17-21(5-8-25(23)31-19-32-29)24-18-33-34-28(24)20-3-6-22(30)7-4-20/h3-10,17-19H,11-16H2,1-2H3,(H,33,34). The molecule has 4 heterocycles. The van der Waals surface area contributed by atoms with Crippen molar-refractivity contribution >= 4 is 32.3 Å². The van der Waals surface area contributed by atoms with Gasteiger partial charge in [-0.25, -0.2) is 22.8 Å². The van der Waals surface area contributed by atoms with Crippen molar-refractivity contribution in [2.75, 3.05) is 53.4 Å². The fraction of sp³-hybridized carbons (Fsp3) is 0.276. The van der Waals surface area contributed by atoms with Crippen molar-refractivity contribution in [3.8, 4) is 33.0 Å². The van der Waals surface area contributed by atoms with Gasteiger partial charge in [0.2, 0.25) is 0 Å². The number of hydrogen-bond acceptors (Lipinski definition) is 8. The molecule has 0 atom stereocenters. The predicted molar refractivity (Wildman–Crippen MR) is 160 cm³/mol. The zero-order valence-corrected chi connectivity index (χ0v) is 24.4. The summed E-state index contributed by atoms with van der Waals surface area (Å²) >= 11 is 1.21. The normalized spacial score (nSPS) is 15.2. The molecule has 0 amide bonds. The molecule has 41 heavy (non-hydrogen) atoms. The van der Waals surface area contributed by atoms with E-state index < -0.39 is 10.0 Å². The Hall–Kier alpha value is -3.55. The molecule has 0 bridgehead atoms. The van der Waals surface area contributed by atoms with E-state index in [4.69, 9.17) is 0 Å². The Balaban J connectivity index is 1.27. The fourth-order valence-corrected chi connectivity index (χ4v) is 7.67. The number of piperazine rings is 1. The number of likely N-dealkylation sites (N-methyl/N-ethyl adjacent to an activating group) is 2. The van der Waals surface area contributed by atoms with Crippen LogP contribution in [0.2, 0.25) is 0 Å². The first-order chi connectivity index (χ1) is 19.8. The van der Waals surface area contributed by atoms with Crippen LogP contribution in [0.25, 0.3) is 43.9 Å². The predicted octanol–water partition coefficient (Wildman–Crippen LogP) is 4.42. The van der Waals surface area contributed by atoms with Crippen LogP contribution in [0.5, 0.6) is 0 Å². The van der Waals surface area contributed by atoms with Crippen LogP contribution in [0.15, 0.2) is 71.3 Å². The van der Waals surface area contributed by atoms with Gasteiger partial charge in [0.1, 0.15) is 16.4 Å². The van der Waals surface area contributed by atoms with Gasteiger partial charge in [-0.05, 0) is 61.1 Å². The second kappa shape index (κ2) is 11.4. The minimum Gasteiger partial charge on any atom is -0.304 e. The maximum Gasteiger partial charge on any atom is 0.252 e. The van der Waals surface area contributed by atoms with Gasteiger partial charge in [0.25, 0.3) is 10.0 Å². The van der Waals surface area contributed by atoms with Crippen molar-refractivity contribution in [2.45, 2.75) is 4.21 Å². The monoisotopic (exact) mass is 591 g/mol. The highest BCUT2D eigenvalue weighted by molar-refractivity contribution is 7.91. The summed E-state index contributed by atoms with van der Waals surface area (Å²) in [5.74, 6) is -0.305. The molecule has 1 aliphatic rings. The molecular formula is C29H30FN7O2S2. The lowest BCUT2D eigenvalue weighted by atomic mass is 9.99. The Morgan fingerprint density at radius 1 is 1.00 bits per heavy atom. The number of hydrogen-bond donors (Lipinski definition) is 1. The van der Waals surface area contributed by atoms with Gasteiger partial charge >= 0.3 is 0 Å². The molecular weight excluding hydrogens is 561 g/mol. The smallest absolute Gasteiger partial charge is 0.252 e. The highest BCUT2D eigenvalue weighted by Gasteiger charge is 2.25. The summed E-state index contributed by atoms with van der Waals surface area (Å²) in [5.41, 5.74) is 4.72. The Labute approximate surface area is 242 Å². The van der Waals surface area contributed by atoms with Gasteiger partial charge in [0.05, 0.1) is 28.0 Å². The van der Waals surface area contributed by atoms with E-state index in [0.29, 0.717) is 18.8 Å². The number of aromatic nitrogens is 4. The second-order valence-electron chi connectivity index (χ2n) is 10.2. The average Bonchev–Trinajstić information content (AvgIpc) is 3.68. The van der Waals surface area contributed by atoms with Crippen LogP contribution in [0.4, 0.5) is 4.39 Å². The van der Waals surface area contributed by atoms with E-state index in [0.717, 1.165) is 64.3 Å². The Morgan fingerprint density at radius 2 is 1.76 bits per heavy atom. The molecule has 5 aromatic rings. The van der Waals surface area contributed by atoms with Gasteiger partial charge in [-0.3, -0.25) is 10.00 Å². The summed E-state index contributed by atoms with van der Waals surface area (Å²) in [5, 5.41) is 8.05. The topological polar surface area (TPSA) is 98.3 Å². The minimum atomic E-state index is -3.64. The van der Waals surface area contributed by atoms with Crippen LogP contribution in [0, 0.1) is 5.82 Å². The number of aromatic amines is 1. The number of nitrogens with zero attached hydrogens (tertiary/aromatic N) is 6. The summed E-state index contributed by atoms with van der Waals surface area (Å²) in [4.78, 5) is 14.3. The van der Waals surface area contributed by atoms with Crippen molar-refractivity contribution in [3.63, 3.8) is 0 Å². The molecule has 6 rings (SSSR count). The summed E-state index contributed by atoms with van der Waals surface area (Å²) in [7, 11) is 0.102. The van der Waals surface area contributed by atoms with Crippen molar-refractivity contribution in [1.82, 2.24) is 34.3 Å². The lowest BCUT2D eigenvalue weighted by molar-refractivity contribution is 0.150. The molecule has 0 unspecified atom stereocenters. The lowest BCUT2D eigenvalue weighted by Gasteiger charge is -2.33. The number of rotatable bonds is 8. The molecule has 9 nitrogen and oxygen atoms in total. The molecule has 2 aromatic carbocycles. The zero-order chi connectivity index (χ0) is 28.6. The van der Waals surface area contributed by atoms with E-state index in [1.54, 1.807) is 31.4 Å². The van der Waals surface area contributed by atoms with Crippen LogP contribution in [0.3, 0.4) is 0 Å². The van der Waals surface area contributed by atoms with Gasteiger partial charge in [-0.1, -0.05) is 6.07 Å². The summed E-state index contributed by atoms with van der Waals surface area (Å²) < 4.78 is 42.0. The Morgan fingerprint density at radius 3 is 2.54 bits per heavy atom. The summed E-state index contributed by atoms with van der Waals surface area (Å²) in [6.07, 6.45) is 3.23. The zero-order valence-electron chi connectivity index (χ0n) is 22.8. The van der Waals surface area contributed by atoms with Crippen molar-refractivity contribution < 1.29 is 12.8 Å². The SMILES string of the molecule is CN1CCN(CCN(C)S(=O)(=O)c2ccc(-c3ncnc4ccc(-c5cn[nH]c5-c5ccc(F)cc5)cc34)s2)CC1. The molecule has 12 heteroatoms. The first-order valence-electron chi connectivity index (χ1n) is 13.3. The number of benzene rings is 2. The molecule has 1 N–H and O–H groups in total. The van der Waals surface area contributed by atoms with Gasteiger partial charge < -0.3 is 4.90 Å². The van der Waals surface area contributed by atoms with Gasteiger partial charge in [0.15, 0.2) is 0 Å². The molecule has 1 fully saturated rings. The van der Waals surface area contributed by atoms with Crippen LogP contribution in [0.1, 0.15) is 0 Å². The van der Waals surface area contributed by atoms with Crippen molar-refractivity contribution in [1.29, 1.82) is 0 Å². The highest BCUT2D eigenvalue weighted by Crippen LogP contribution is 2.37.